The summed E-state index contributed by atoms with van der Waals surface area (Å²) in [5.41, 5.74) is 0. The Balaban J connectivity index is 2.68. The molecule has 0 aliphatic carbocycles. The number of aliphatic hydroxyl groups excluding tert-OH is 1. The summed E-state index contributed by atoms with van der Waals surface area (Å²) in [4.78, 5) is 58.8. The second-order valence-corrected chi connectivity index (χ2v) is 21.0. The number of esters is 3. The summed E-state index contributed by atoms with van der Waals surface area (Å²) in [7, 11) is -9.86. The first-order chi connectivity index (χ1) is 33.6. The molecule has 70 heavy (non-hydrogen) atoms. The highest BCUT2D eigenvalue weighted by Crippen LogP contribution is 2.47. The molecule has 0 saturated carbocycles. The molecule has 0 spiro atoms. The van der Waals surface area contributed by atoms with E-state index >= 15 is 0 Å². The maximum Gasteiger partial charge on any atom is 0.472 e. The molecule has 1 saturated heterocycles. The predicted octanol–water partition coefficient (Wildman–Crippen LogP) is 11.7. The fraction of sp³-hybridized carbons (Fsp3) is 0.824. The molecule has 7 atom stereocenters. The predicted molar refractivity (Wildman–Crippen MR) is 269 cm³/mol. The van der Waals surface area contributed by atoms with E-state index in [4.69, 9.17) is 37.0 Å². The van der Waals surface area contributed by atoms with Gasteiger partial charge < -0.3 is 38.9 Å². The highest BCUT2D eigenvalue weighted by Gasteiger charge is 2.60. The van der Waals surface area contributed by atoms with Crippen LogP contribution in [0.25, 0.3) is 0 Å². The largest absolute Gasteiger partial charge is 0.472 e. The number of phosphoric ester groups is 2. The van der Waals surface area contributed by atoms with Crippen LogP contribution in [0.5, 0.6) is 0 Å². The van der Waals surface area contributed by atoms with E-state index < -0.39 is 96.8 Å². The lowest BCUT2D eigenvalue weighted by molar-refractivity contribution is -0.161. The third-order valence-corrected chi connectivity index (χ3v) is 13.4. The van der Waals surface area contributed by atoms with Gasteiger partial charge in [-0.2, -0.15) is 0 Å². The number of ether oxygens (including phenoxy) is 4. The number of hydrogen-bond donors (Lipinski definition) is 4. The van der Waals surface area contributed by atoms with Crippen molar-refractivity contribution in [3.05, 3.63) is 36.5 Å². The first kappa shape index (κ1) is 65.7. The minimum absolute atomic E-state index is 0.0869. The molecule has 0 aromatic heterocycles. The Bertz CT molecular complexity index is 1560. The first-order valence-corrected chi connectivity index (χ1v) is 29.4. The van der Waals surface area contributed by atoms with Gasteiger partial charge in [-0.3, -0.25) is 32.5 Å². The molecule has 19 heteroatoms. The number of hydrogen-bond acceptors (Lipinski definition) is 15. The summed E-state index contributed by atoms with van der Waals surface area (Å²) in [6, 6.07) is 0. The van der Waals surface area contributed by atoms with Crippen LogP contribution in [0.2, 0.25) is 0 Å². The fourth-order valence-electron chi connectivity index (χ4n) is 7.31. The zero-order valence-corrected chi connectivity index (χ0v) is 44.9. The van der Waals surface area contributed by atoms with Crippen LogP contribution in [-0.4, -0.2) is 101 Å². The van der Waals surface area contributed by atoms with Crippen molar-refractivity contribution in [2.45, 2.75) is 238 Å². The molecule has 1 rings (SSSR count). The van der Waals surface area contributed by atoms with Gasteiger partial charge in [0.05, 0.1) is 26.4 Å². The van der Waals surface area contributed by atoms with Crippen LogP contribution in [0.15, 0.2) is 36.5 Å². The van der Waals surface area contributed by atoms with Gasteiger partial charge in [0.2, 0.25) is 0 Å². The quantitative estimate of drug-likeness (QED) is 0.0111. The standard InChI is InChI=1S/C51H92O17P2/c1-5-9-13-16-19-21-22-23-24-26-28-32-35-47(53)61-41-45(66-48(54)37-33-29-25-20-17-14-10-6-2)42-64-69(57,58)62-39-44(52)40-63-70(59,60)65-43-46(67-49(55)36-31-12-8-4)50-51(56,68-50)38-34-30-27-18-15-11-7-3/h6,9-10,13,19,21,44-46,50,52,56H,5,7-8,11-12,14-18,20,22-43H2,1-4H3,(H,57,58)(H,59,60)/b10-6+,13-9+,21-19+/t44-,45-,46+,50+,51-/m1/s1. The minimum Gasteiger partial charge on any atom is -0.462 e. The maximum atomic E-state index is 12.8. The third-order valence-electron chi connectivity index (χ3n) is 11.5. The van der Waals surface area contributed by atoms with Crippen molar-refractivity contribution in [2.24, 2.45) is 0 Å². The van der Waals surface area contributed by atoms with Crippen LogP contribution in [-0.2, 0) is 60.6 Å². The molecule has 1 aliphatic rings. The molecule has 1 aliphatic heterocycles. The van der Waals surface area contributed by atoms with Crippen molar-refractivity contribution in [3.8, 4) is 0 Å². The van der Waals surface area contributed by atoms with Crippen LogP contribution in [0.3, 0.4) is 0 Å². The number of aliphatic hydroxyl groups is 2. The molecule has 17 nitrogen and oxygen atoms in total. The number of carbonyl (C=O) groups is 3. The molecular weight excluding hydrogens is 946 g/mol. The highest BCUT2D eigenvalue weighted by molar-refractivity contribution is 7.47. The molecule has 0 aromatic carbocycles. The van der Waals surface area contributed by atoms with Crippen molar-refractivity contribution in [1.82, 2.24) is 0 Å². The number of unbranched alkanes of at least 4 members (excludes halogenated alkanes) is 18. The summed E-state index contributed by atoms with van der Waals surface area (Å²) < 4.78 is 67.5. The molecule has 4 N–H and O–H groups in total. The number of epoxide rings is 1. The molecule has 1 heterocycles. The van der Waals surface area contributed by atoms with Gasteiger partial charge in [0, 0.05) is 25.7 Å². The van der Waals surface area contributed by atoms with Gasteiger partial charge in [-0.05, 0) is 71.1 Å². The summed E-state index contributed by atoms with van der Waals surface area (Å²) >= 11 is 0. The zero-order valence-electron chi connectivity index (χ0n) is 43.1. The van der Waals surface area contributed by atoms with E-state index in [1.165, 1.54) is 6.42 Å². The fourth-order valence-corrected chi connectivity index (χ4v) is 8.87. The number of carbonyl (C=O) groups excluding carboxylic acids is 3. The lowest BCUT2D eigenvalue weighted by Crippen LogP contribution is -2.33. The van der Waals surface area contributed by atoms with E-state index in [9.17, 15) is 43.5 Å². The molecule has 408 valence electrons. The highest BCUT2D eigenvalue weighted by atomic mass is 31.2. The van der Waals surface area contributed by atoms with Crippen LogP contribution < -0.4 is 0 Å². The van der Waals surface area contributed by atoms with Crippen LogP contribution >= 0.6 is 15.6 Å². The van der Waals surface area contributed by atoms with Gasteiger partial charge in [-0.15, -0.1) is 0 Å². The van der Waals surface area contributed by atoms with E-state index in [0.717, 1.165) is 122 Å². The van der Waals surface area contributed by atoms with Crippen molar-refractivity contribution >= 4 is 33.6 Å². The zero-order chi connectivity index (χ0) is 51.8. The van der Waals surface area contributed by atoms with E-state index in [-0.39, 0.29) is 25.7 Å². The van der Waals surface area contributed by atoms with Crippen molar-refractivity contribution in [2.75, 3.05) is 33.0 Å². The average molecular weight is 1040 g/mol. The van der Waals surface area contributed by atoms with E-state index in [2.05, 4.69) is 44.2 Å². The Morgan fingerprint density at radius 1 is 0.571 bits per heavy atom. The van der Waals surface area contributed by atoms with Crippen molar-refractivity contribution < 1.29 is 80.6 Å². The van der Waals surface area contributed by atoms with Crippen molar-refractivity contribution in [3.63, 3.8) is 0 Å². The van der Waals surface area contributed by atoms with Gasteiger partial charge in [-0.25, -0.2) is 9.13 Å². The van der Waals surface area contributed by atoms with Crippen LogP contribution in [0.1, 0.15) is 207 Å². The second-order valence-electron chi connectivity index (χ2n) is 18.1. The molecule has 0 radical (unpaired) electrons. The SMILES string of the molecule is C/C=C/CCCCCCCC(=O)O[C@H](COC(=O)CCCCCCC/C=C/C/C=C/CC)COP(=O)(O)OC[C@@H](O)COP(=O)(O)OC[C@H](OC(=O)CCCCC)[C@@H]1O[C@]1(O)CCCCCCCCC. The Morgan fingerprint density at radius 3 is 1.64 bits per heavy atom. The Labute approximate surface area is 420 Å². The molecule has 0 aromatic rings. The van der Waals surface area contributed by atoms with Gasteiger partial charge in [-0.1, -0.05) is 147 Å². The minimum atomic E-state index is -4.93. The van der Waals surface area contributed by atoms with Gasteiger partial charge in [0.25, 0.3) is 0 Å². The first-order valence-electron chi connectivity index (χ1n) is 26.4. The second kappa shape index (κ2) is 41.1. The average Bonchev–Trinajstić information content (AvgIpc) is 4.01. The van der Waals surface area contributed by atoms with Crippen LogP contribution in [0.4, 0.5) is 0 Å². The Kier molecular flexibility index (Phi) is 38.6. The number of phosphoric acid groups is 2. The summed E-state index contributed by atoms with van der Waals surface area (Å²) in [5.74, 6) is -3.28. The number of allylic oxidation sites excluding steroid dienone is 6. The molecule has 1 fully saturated rings. The van der Waals surface area contributed by atoms with Gasteiger partial charge in [0.1, 0.15) is 12.7 Å². The third kappa shape index (κ3) is 36.6. The Morgan fingerprint density at radius 2 is 1.04 bits per heavy atom. The lowest BCUT2D eigenvalue weighted by atomic mass is 10.0. The molecule has 0 bridgehead atoms. The molecule has 2 unspecified atom stereocenters. The van der Waals surface area contributed by atoms with Crippen LogP contribution in [0, 0.1) is 0 Å². The summed E-state index contributed by atoms with van der Waals surface area (Å²) in [5, 5.41) is 21.4. The van der Waals surface area contributed by atoms with Crippen molar-refractivity contribution in [1.29, 1.82) is 0 Å². The Hall–Kier alpha value is -2.27. The van der Waals surface area contributed by atoms with E-state index in [1.807, 2.05) is 19.9 Å². The summed E-state index contributed by atoms with van der Waals surface area (Å²) in [6.07, 6.45) is 30.5. The lowest BCUT2D eigenvalue weighted by Gasteiger charge is -2.21. The monoisotopic (exact) mass is 1040 g/mol. The molecule has 0 amide bonds. The van der Waals surface area contributed by atoms with Gasteiger partial charge in [0.15, 0.2) is 24.1 Å². The number of rotatable bonds is 48. The maximum absolute atomic E-state index is 12.8. The topological polar surface area (TPSA) is 243 Å². The normalized spacial score (nSPS) is 19.0. The molecular formula is C51H92O17P2. The van der Waals surface area contributed by atoms with E-state index in [0.29, 0.717) is 25.7 Å². The van der Waals surface area contributed by atoms with E-state index in [1.54, 1.807) is 0 Å². The smallest absolute Gasteiger partial charge is 0.462 e. The van der Waals surface area contributed by atoms with Gasteiger partial charge >= 0.3 is 33.6 Å². The summed E-state index contributed by atoms with van der Waals surface area (Å²) in [6.45, 7) is 4.65.